The van der Waals surface area contributed by atoms with Gasteiger partial charge in [-0.15, -0.1) is 0 Å². The molecule has 0 spiro atoms. The van der Waals surface area contributed by atoms with Gasteiger partial charge in [0.05, 0.1) is 0 Å². The van der Waals surface area contributed by atoms with E-state index < -0.39 is 6.10 Å². The van der Waals surface area contributed by atoms with Crippen molar-refractivity contribution >= 4 is 55.4 Å². The fourth-order valence-corrected chi connectivity index (χ4v) is 5.21. The van der Waals surface area contributed by atoms with Crippen molar-refractivity contribution < 1.29 is 14.6 Å². The maximum atomic E-state index is 11.5. The van der Waals surface area contributed by atoms with Crippen LogP contribution in [-0.2, 0) is 11.2 Å². The Morgan fingerprint density at radius 1 is 1.22 bits per heavy atom. The van der Waals surface area contributed by atoms with E-state index in [0.717, 1.165) is 54.1 Å². The maximum absolute atomic E-state index is 11.5. The summed E-state index contributed by atoms with van der Waals surface area (Å²) in [6.45, 7) is 8.86. The van der Waals surface area contributed by atoms with Crippen molar-refractivity contribution in [2.24, 2.45) is 0 Å². The van der Waals surface area contributed by atoms with Crippen LogP contribution in [0.5, 0.6) is 0 Å². The zero-order valence-corrected chi connectivity index (χ0v) is 26.6. The predicted octanol–water partition coefficient (Wildman–Crippen LogP) is 3.87. The average molecular weight is 713 g/mol. The van der Waals surface area contributed by atoms with Crippen molar-refractivity contribution in [1.29, 1.82) is 0 Å². The number of carbonyl (C=O) groups excluding carboxylic acids is 1. The second-order valence-electron chi connectivity index (χ2n) is 9.98. The summed E-state index contributed by atoms with van der Waals surface area (Å²) in [5.74, 6) is 0. The zero-order chi connectivity index (χ0) is 26.6. The number of fused-ring (bicyclic) bond motifs is 2. The molecule has 1 aromatic carbocycles. The fraction of sp³-hybridized carbons (Fsp3) is 0.370. The molecule has 192 valence electrons. The van der Waals surface area contributed by atoms with Crippen LogP contribution < -0.4 is 5.32 Å². The van der Waals surface area contributed by atoms with Crippen LogP contribution in [0.25, 0.3) is 11.6 Å². The van der Waals surface area contributed by atoms with Gasteiger partial charge < -0.3 is 15.0 Å². The van der Waals surface area contributed by atoms with Gasteiger partial charge in [-0.1, -0.05) is 0 Å². The van der Waals surface area contributed by atoms with Crippen LogP contribution in [0.3, 0.4) is 0 Å². The Labute approximate surface area is 238 Å². The number of amides is 1. The molecule has 37 heavy (non-hydrogen) atoms. The first-order chi connectivity index (χ1) is 17.6. The number of ether oxygens (including phenoxy) is 1. The molecule has 1 aliphatic carbocycles. The van der Waals surface area contributed by atoms with Crippen LogP contribution in [-0.4, -0.2) is 86.3 Å². The number of aliphatic hydroxyl groups is 1. The number of halogens is 1. The number of aliphatic hydroxyl groups excluding tert-OH is 1. The summed E-state index contributed by atoms with van der Waals surface area (Å²) in [5.41, 5.74) is 5.16. The van der Waals surface area contributed by atoms with Crippen molar-refractivity contribution in [2.45, 2.75) is 38.9 Å². The predicted molar refractivity (Wildman–Crippen MR) is 145 cm³/mol. The zero-order valence-electron chi connectivity index (χ0n) is 21.3. The summed E-state index contributed by atoms with van der Waals surface area (Å²) in [4.78, 5) is 22.1. The molecule has 0 radical (unpaired) electrons. The Kier molecular flexibility index (Phi) is 9.04. The summed E-state index contributed by atoms with van der Waals surface area (Å²) in [6.07, 6.45) is 7.18. The van der Waals surface area contributed by atoms with Gasteiger partial charge in [0.25, 0.3) is 0 Å². The van der Waals surface area contributed by atoms with Crippen molar-refractivity contribution in [3.63, 3.8) is 0 Å². The Bertz CT molecular complexity index is 1280. The van der Waals surface area contributed by atoms with Crippen molar-refractivity contribution in [3.8, 4) is 0 Å². The van der Waals surface area contributed by atoms with Gasteiger partial charge in [-0.25, -0.2) is 4.79 Å². The summed E-state index contributed by atoms with van der Waals surface area (Å²) in [5, 5.41) is 14.8. The first-order valence-electron chi connectivity index (χ1n) is 12.2. The number of nitrogens with zero attached hydrogens (tertiary/aromatic N) is 4. The van der Waals surface area contributed by atoms with E-state index in [1.165, 1.54) is 0 Å². The molecule has 1 unspecified atom stereocenters. The Balaban J connectivity index is 0.000000209. The number of rotatable bonds is 2. The number of benzene rings is 1. The molecule has 1 fully saturated rings. The third kappa shape index (κ3) is 7.40. The standard InChI is InChI=1S/C18H13ClN3O.C9H18N2O2.Tl/c19-13-4-3-11-7-16-12(2-1-5-21-16)6-15(14(11)8-13)18(23)17-9-20-10-22-17;1-9(2,3)13-8(12)11-6-4-10-5-7-11;/h1-6,8-10,18,23H,7H2;10H,4-7H2,1-3H3;/q-1;;+1. The monoisotopic (exact) mass is 713 g/mol. The summed E-state index contributed by atoms with van der Waals surface area (Å²) < 4.78 is 7.23. The summed E-state index contributed by atoms with van der Waals surface area (Å²) in [7, 11) is 0. The Morgan fingerprint density at radius 2 is 1.97 bits per heavy atom. The topological polar surface area (TPSA) is 92.5 Å². The Hall–Kier alpha value is -2.28. The van der Waals surface area contributed by atoms with Crippen molar-refractivity contribution in [2.75, 3.05) is 26.2 Å². The number of nitrogens with one attached hydrogen (secondary N) is 1. The third-order valence-electron chi connectivity index (χ3n) is 5.94. The number of aromatic nitrogens is 3. The van der Waals surface area contributed by atoms with Crippen LogP contribution in [0.4, 0.5) is 4.79 Å². The number of piperazine rings is 1. The third-order valence-corrected chi connectivity index (χ3v) is 7.28. The van der Waals surface area contributed by atoms with E-state index in [9.17, 15) is 9.90 Å². The molecule has 3 aromatic rings. The van der Waals surface area contributed by atoms with E-state index in [4.69, 9.17) is 16.3 Å². The number of imidazole rings is 1. The molecular formula is C27H31ClN5O3Tl. The molecule has 2 aliphatic rings. The van der Waals surface area contributed by atoms with Crippen LogP contribution in [0.1, 0.15) is 55.0 Å². The first-order valence-corrected chi connectivity index (χ1v) is 14.6. The van der Waals surface area contributed by atoms with E-state index in [0.29, 0.717) is 43.2 Å². The number of hydrogen-bond donors (Lipinski definition) is 2. The van der Waals surface area contributed by atoms with Crippen LogP contribution in [0.2, 0.25) is 5.02 Å². The van der Waals surface area contributed by atoms with Gasteiger partial charge in [0.1, 0.15) is 5.60 Å². The molecular weight excluding hydrogens is 682 g/mol. The molecule has 2 N–H and O–H groups in total. The molecule has 5 rings (SSSR count). The van der Waals surface area contributed by atoms with Crippen molar-refractivity contribution in [3.05, 3.63) is 82.2 Å². The van der Waals surface area contributed by atoms with Crippen LogP contribution in [0, 0.1) is 0 Å². The number of pyridine rings is 1. The Morgan fingerprint density at radius 3 is 2.65 bits per heavy atom. The van der Waals surface area contributed by atoms with Gasteiger partial charge in [0, 0.05) is 26.2 Å². The van der Waals surface area contributed by atoms with E-state index in [1.54, 1.807) is 17.4 Å². The van der Waals surface area contributed by atoms with E-state index in [-0.39, 0.29) is 11.7 Å². The van der Waals surface area contributed by atoms with Gasteiger partial charge in [-0.05, 0) is 20.8 Å². The molecule has 1 atom stereocenters. The average Bonchev–Trinajstić information content (AvgIpc) is 3.23. The molecule has 1 aliphatic heterocycles. The van der Waals surface area contributed by atoms with Gasteiger partial charge in [0.2, 0.25) is 0 Å². The molecule has 1 amide bonds. The first kappa shape index (κ1) is 27.7. The molecule has 8 nitrogen and oxygen atoms in total. The molecule has 0 bridgehead atoms. The van der Waals surface area contributed by atoms with Gasteiger partial charge in [-0.2, -0.15) is 0 Å². The molecule has 1 saturated heterocycles. The normalized spacial score (nSPS) is 15.8. The molecule has 2 aromatic heterocycles. The fourth-order valence-electron chi connectivity index (χ4n) is 4.18. The van der Waals surface area contributed by atoms with Crippen molar-refractivity contribution in [1.82, 2.24) is 22.6 Å². The van der Waals surface area contributed by atoms with Crippen LogP contribution >= 0.6 is 11.6 Å². The second kappa shape index (κ2) is 12.1. The number of hydrogen-bond acceptors (Lipinski definition) is 6. The van der Waals surface area contributed by atoms with E-state index in [2.05, 4.69) is 15.3 Å². The minimum atomic E-state index is -0.798. The molecule has 10 heteroatoms. The summed E-state index contributed by atoms with van der Waals surface area (Å²) >= 11 is 6.85. The number of carbonyl (C=O) groups is 1. The molecule has 0 saturated carbocycles. The van der Waals surface area contributed by atoms with E-state index in [1.807, 2.05) is 65.8 Å². The minimum absolute atomic E-state index is 0.200. The van der Waals surface area contributed by atoms with Gasteiger partial charge in [0.15, 0.2) is 0 Å². The van der Waals surface area contributed by atoms with Gasteiger partial charge >= 0.3 is 168 Å². The van der Waals surface area contributed by atoms with Gasteiger partial charge in [-0.3, -0.25) is 0 Å². The quantitative estimate of drug-likeness (QED) is 0.393. The SMILES string of the molecule is CC(C)(C)OC(=O)N1CCNCC1.OC(C1=Cc2cccnc2Cc2ccc(Cl)cc21)c1c[n]([Tl])cn1. The molecule has 3 heterocycles. The summed E-state index contributed by atoms with van der Waals surface area (Å²) in [6, 6.07) is 9.74. The van der Waals surface area contributed by atoms with Crippen LogP contribution in [0.15, 0.2) is 49.1 Å². The second-order valence-corrected chi connectivity index (χ2v) is 12.7. The van der Waals surface area contributed by atoms with E-state index >= 15 is 0 Å².